The molecule has 3 aromatic rings. The van der Waals surface area contributed by atoms with Crippen molar-refractivity contribution >= 4 is 21.6 Å². The quantitative estimate of drug-likeness (QED) is 0.541. The number of para-hydroxylation sites is 1. The van der Waals surface area contributed by atoms with E-state index in [1.165, 1.54) is 4.31 Å². The third kappa shape index (κ3) is 5.03. The van der Waals surface area contributed by atoms with Gasteiger partial charge in [-0.1, -0.05) is 54.6 Å². The van der Waals surface area contributed by atoms with Gasteiger partial charge in [-0.2, -0.15) is 4.31 Å². The van der Waals surface area contributed by atoms with Gasteiger partial charge >= 0.3 is 0 Å². The molecule has 0 saturated heterocycles. The van der Waals surface area contributed by atoms with Crippen LogP contribution in [0.15, 0.2) is 96.4 Å². The molecule has 1 N–H and O–H groups in total. The van der Waals surface area contributed by atoms with Crippen molar-refractivity contribution in [2.24, 2.45) is 0 Å². The topological polar surface area (TPSA) is 66.5 Å². The minimum absolute atomic E-state index is 0.183. The summed E-state index contributed by atoms with van der Waals surface area (Å²) in [6.45, 7) is 5.98. The molecule has 0 aromatic heterocycles. The highest BCUT2D eigenvalue weighted by atomic mass is 32.2. The van der Waals surface area contributed by atoms with Crippen LogP contribution in [0, 0.1) is 6.92 Å². The summed E-state index contributed by atoms with van der Waals surface area (Å²) >= 11 is 0. The Kier molecular flexibility index (Phi) is 6.82. The summed E-state index contributed by atoms with van der Waals surface area (Å²) in [7, 11) is -3.65. The molecule has 0 unspecified atom stereocenters. The molecule has 0 spiro atoms. The molecule has 30 heavy (non-hydrogen) atoms. The molecule has 3 aromatic carbocycles. The van der Waals surface area contributed by atoms with Crippen molar-refractivity contribution in [3.05, 3.63) is 108 Å². The van der Waals surface area contributed by atoms with E-state index in [0.29, 0.717) is 5.56 Å². The minimum Gasteiger partial charge on any atom is -0.322 e. The zero-order valence-electron chi connectivity index (χ0n) is 16.8. The van der Waals surface area contributed by atoms with Crippen molar-refractivity contribution in [2.45, 2.75) is 18.4 Å². The molecule has 6 heteroatoms. The summed E-state index contributed by atoms with van der Waals surface area (Å²) in [6, 6.07) is 22.8. The molecule has 0 aliphatic carbocycles. The van der Waals surface area contributed by atoms with Crippen molar-refractivity contribution < 1.29 is 13.2 Å². The molecular weight excluding hydrogens is 396 g/mol. The Balaban J connectivity index is 1.75. The number of amides is 1. The number of carbonyl (C=O) groups is 1. The lowest BCUT2D eigenvalue weighted by Crippen LogP contribution is -2.30. The zero-order valence-corrected chi connectivity index (χ0v) is 17.6. The molecule has 0 aliphatic heterocycles. The molecule has 0 aliphatic rings. The number of anilines is 1. The van der Waals surface area contributed by atoms with Crippen molar-refractivity contribution in [3.63, 3.8) is 0 Å². The highest BCUT2D eigenvalue weighted by Crippen LogP contribution is 2.19. The van der Waals surface area contributed by atoms with E-state index in [9.17, 15) is 13.2 Å². The molecule has 0 fully saturated rings. The maximum absolute atomic E-state index is 13.0. The Labute approximate surface area is 177 Å². The molecule has 0 heterocycles. The van der Waals surface area contributed by atoms with Crippen LogP contribution in [-0.2, 0) is 16.6 Å². The van der Waals surface area contributed by atoms with Gasteiger partial charge in [0.15, 0.2) is 0 Å². The lowest BCUT2D eigenvalue weighted by atomic mass is 10.1. The third-order valence-electron chi connectivity index (χ3n) is 4.68. The number of aryl methyl sites for hydroxylation is 1. The summed E-state index contributed by atoms with van der Waals surface area (Å²) in [5, 5.41) is 2.89. The SMILES string of the molecule is C=CCN(Cc1ccc(C(=O)Nc2ccccc2C)cc1)S(=O)(=O)c1ccccc1. The van der Waals surface area contributed by atoms with Crippen LogP contribution in [0.2, 0.25) is 0 Å². The smallest absolute Gasteiger partial charge is 0.255 e. The average Bonchev–Trinajstić information content (AvgIpc) is 2.76. The van der Waals surface area contributed by atoms with E-state index in [0.717, 1.165) is 16.8 Å². The maximum atomic E-state index is 13.0. The fraction of sp³-hybridized carbons (Fsp3) is 0.125. The minimum atomic E-state index is -3.65. The molecule has 0 bridgehead atoms. The number of rotatable bonds is 8. The Morgan fingerprint density at radius 1 is 0.967 bits per heavy atom. The first-order valence-corrected chi connectivity index (χ1v) is 11.0. The first kappa shape index (κ1) is 21.5. The normalized spacial score (nSPS) is 11.3. The third-order valence-corrected chi connectivity index (χ3v) is 6.51. The number of benzene rings is 3. The van der Waals surface area contributed by atoms with Crippen molar-refractivity contribution in [1.82, 2.24) is 4.31 Å². The van der Waals surface area contributed by atoms with Gasteiger partial charge in [0, 0.05) is 24.3 Å². The summed E-state index contributed by atoms with van der Waals surface area (Å²) < 4.78 is 27.3. The lowest BCUT2D eigenvalue weighted by Gasteiger charge is -2.21. The van der Waals surface area contributed by atoms with Gasteiger partial charge in [0.2, 0.25) is 10.0 Å². The fourth-order valence-corrected chi connectivity index (χ4v) is 4.43. The van der Waals surface area contributed by atoms with E-state index in [4.69, 9.17) is 0 Å². The van der Waals surface area contributed by atoms with E-state index in [2.05, 4.69) is 11.9 Å². The van der Waals surface area contributed by atoms with Crippen molar-refractivity contribution in [2.75, 3.05) is 11.9 Å². The first-order valence-electron chi connectivity index (χ1n) is 9.54. The average molecular weight is 421 g/mol. The number of sulfonamides is 1. The second-order valence-electron chi connectivity index (χ2n) is 6.87. The lowest BCUT2D eigenvalue weighted by molar-refractivity contribution is 0.102. The van der Waals surface area contributed by atoms with Crippen molar-refractivity contribution in [3.8, 4) is 0 Å². The van der Waals surface area contributed by atoms with Gasteiger partial charge in [-0.25, -0.2) is 8.42 Å². The molecule has 154 valence electrons. The largest absolute Gasteiger partial charge is 0.322 e. The zero-order chi connectivity index (χ0) is 21.6. The van der Waals surface area contributed by atoms with E-state index >= 15 is 0 Å². The Bertz CT molecular complexity index is 1120. The predicted molar refractivity (Wildman–Crippen MR) is 120 cm³/mol. The standard InChI is InChI=1S/C24H24N2O3S/c1-3-17-26(30(28,29)22-10-5-4-6-11-22)18-20-13-15-21(16-14-20)24(27)25-23-12-8-7-9-19(23)2/h3-16H,1,17-18H2,2H3,(H,25,27). The van der Waals surface area contributed by atoms with Crippen LogP contribution in [0.5, 0.6) is 0 Å². The van der Waals surface area contributed by atoms with E-state index in [1.807, 2.05) is 31.2 Å². The second-order valence-corrected chi connectivity index (χ2v) is 8.80. The van der Waals surface area contributed by atoms with Crippen LogP contribution in [0.1, 0.15) is 21.5 Å². The van der Waals surface area contributed by atoms with Crippen LogP contribution in [0.3, 0.4) is 0 Å². The molecular formula is C24H24N2O3S. The predicted octanol–water partition coefficient (Wildman–Crippen LogP) is 4.62. The van der Waals surface area contributed by atoms with Crippen LogP contribution in [-0.4, -0.2) is 25.2 Å². The second kappa shape index (κ2) is 9.52. The maximum Gasteiger partial charge on any atom is 0.255 e. The number of hydrogen-bond acceptors (Lipinski definition) is 3. The number of nitrogens with zero attached hydrogens (tertiary/aromatic N) is 1. The van der Waals surface area contributed by atoms with Gasteiger partial charge in [0.1, 0.15) is 0 Å². The van der Waals surface area contributed by atoms with E-state index in [1.54, 1.807) is 60.7 Å². The van der Waals surface area contributed by atoms with Crippen LogP contribution in [0.4, 0.5) is 5.69 Å². The Morgan fingerprint density at radius 2 is 1.60 bits per heavy atom. The first-order chi connectivity index (χ1) is 14.4. The van der Waals surface area contributed by atoms with Crippen molar-refractivity contribution in [1.29, 1.82) is 0 Å². The fourth-order valence-electron chi connectivity index (χ4n) is 3.01. The van der Waals surface area contributed by atoms with Gasteiger partial charge in [0.25, 0.3) is 5.91 Å². The van der Waals surface area contributed by atoms with Crippen LogP contribution < -0.4 is 5.32 Å². The molecule has 0 saturated carbocycles. The highest BCUT2D eigenvalue weighted by molar-refractivity contribution is 7.89. The monoisotopic (exact) mass is 420 g/mol. The van der Waals surface area contributed by atoms with Gasteiger partial charge in [-0.05, 0) is 48.4 Å². The van der Waals surface area contributed by atoms with E-state index < -0.39 is 10.0 Å². The molecule has 1 amide bonds. The number of carbonyl (C=O) groups excluding carboxylic acids is 1. The van der Waals surface area contributed by atoms with E-state index in [-0.39, 0.29) is 23.9 Å². The summed E-state index contributed by atoms with van der Waals surface area (Å²) in [4.78, 5) is 12.8. The van der Waals surface area contributed by atoms with Gasteiger partial charge in [-0.3, -0.25) is 4.79 Å². The summed E-state index contributed by atoms with van der Waals surface area (Å²) in [5.41, 5.74) is 3.03. The molecule has 3 rings (SSSR count). The Hall–Kier alpha value is -3.22. The number of hydrogen-bond donors (Lipinski definition) is 1. The summed E-state index contributed by atoms with van der Waals surface area (Å²) in [5.74, 6) is -0.212. The summed E-state index contributed by atoms with van der Waals surface area (Å²) in [6.07, 6.45) is 1.56. The van der Waals surface area contributed by atoms with Gasteiger partial charge < -0.3 is 5.32 Å². The Morgan fingerprint density at radius 3 is 2.23 bits per heavy atom. The molecule has 0 radical (unpaired) electrons. The van der Waals surface area contributed by atoms with Crippen LogP contribution >= 0.6 is 0 Å². The highest BCUT2D eigenvalue weighted by Gasteiger charge is 2.23. The van der Waals surface area contributed by atoms with Crippen LogP contribution in [0.25, 0.3) is 0 Å². The molecule has 0 atom stereocenters. The van der Waals surface area contributed by atoms with Gasteiger partial charge in [-0.15, -0.1) is 6.58 Å². The number of nitrogens with one attached hydrogen (secondary N) is 1. The molecule has 5 nitrogen and oxygen atoms in total. The van der Waals surface area contributed by atoms with Gasteiger partial charge in [0.05, 0.1) is 4.90 Å².